The van der Waals surface area contributed by atoms with Gasteiger partial charge in [0, 0.05) is 0 Å². The molecule has 1 aliphatic heterocycles. The van der Waals surface area contributed by atoms with E-state index < -0.39 is 0 Å². The third-order valence-electron chi connectivity index (χ3n) is 3.61. The average Bonchev–Trinajstić information content (AvgIpc) is 2.91. The lowest BCUT2D eigenvalue weighted by Gasteiger charge is -2.14. The Kier molecular flexibility index (Phi) is 5.26. The molecular formula is C19H14N2O3S2. The van der Waals surface area contributed by atoms with Crippen LogP contribution in [-0.2, 0) is 4.79 Å². The van der Waals surface area contributed by atoms with Crippen molar-refractivity contribution in [2.75, 3.05) is 11.5 Å². The molecule has 1 amide bonds. The van der Waals surface area contributed by atoms with E-state index in [0.717, 1.165) is 5.56 Å². The van der Waals surface area contributed by atoms with Crippen LogP contribution in [0.4, 0.5) is 5.69 Å². The first-order chi connectivity index (χ1) is 12.5. The fraction of sp³-hybridized carbons (Fsp3) is 0.105. The molecule has 0 unspecified atom stereocenters. The summed E-state index contributed by atoms with van der Waals surface area (Å²) < 4.78 is 5.77. The Morgan fingerprint density at radius 3 is 2.88 bits per heavy atom. The summed E-state index contributed by atoms with van der Waals surface area (Å²) in [5.74, 6) is 0.157. The Morgan fingerprint density at radius 2 is 2.15 bits per heavy atom. The Labute approximate surface area is 160 Å². The van der Waals surface area contributed by atoms with E-state index >= 15 is 0 Å². The van der Waals surface area contributed by atoms with Crippen molar-refractivity contribution in [3.63, 3.8) is 0 Å². The van der Waals surface area contributed by atoms with Crippen LogP contribution in [0.25, 0.3) is 6.08 Å². The number of aromatic hydroxyl groups is 1. The zero-order valence-electron chi connectivity index (χ0n) is 13.8. The highest BCUT2D eigenvalue weighted by Gasteiger charge is 2.33. The third-order valence-corrected chi connectivity index (χ3v) is 4.91. The highest BCUT2D eigenvalue weighted by Crippen LogP contribution is 2.37. The van der Waals surface area contributed by atoms with Crippen LogP contribution >= 0.6 is 24.0 Å². The van der Waals surface area contributed by atoms with Gasteiger partial charge in [0.1, 0.15) is 0 Å². The first kappa shape index (κ1) is 18.0. The summed E-state index contributed by atoms with van der Waals surface area (Å²) in [6.07, 6.45) is 1.70. The Bertz CT molecular complexity index is 963. The van der Waals surface area contributed by atoms with Gasteiger partial charge in [0.05, 0.1) is 28.8 Å². The maximum absolute atomic E-state index is 12.8. The predicted octanol–water partition coefficient (Wildman–Crippen LogP) is 4.07. The number of hydrogen-bond donors (Lipinski definition) is 1. The van der Waals surface area contributed by atoms with Gasteiger partial charge in [-0.05, 0) is 48.9 Å². The maximum atomic E-state index is 12.8. The molecule has 0 saturated carbocycles. The predicted molar refractivity (Wildman–Crippen MR) is 106 cm³/mol. The number of nitriles is 1. The molecule has 1 fully saturated rings. The number of phenols is 1. The number of phenolic OH excluding ortho intramolecular Hbond substituents is 1. The zero-order chi connectivity index (χ0) is 18.7. The number of thioether (sulfide) groups is 1. The summed E-state index contributed by atoms with van der Waals surface area (Å²) in [5, 5.41) is 18.8. The normalized spacial score (nSPS) is 15.4. The molecule has 7 heteroatoms. The van der Waals surface area contributed by atoms with Crippen LogP contribution in [0.2, 0.25) is 0 Å². The van der Waals surface area contributed by atoms with E-state index in [1.807, 2.05) is 6.92 Å². The molecule has 130 valence electrons. The minimum Gasteiger partial charge on any atom is -0.504 e. The van der Waals surface area contributed by atoms with Gasteiger partial charge in [0.15, 0.2) is 15.8 Å². The summed E-state index contributed by atoms with van der Waals surface area (Å²) in [7, 11) is 0. The van der Waals surface area contributed by atoms with Gasteiger partial charge >= 0.3 is 0 Å². The number of carbonyl (C=O) groups is 1. The monoisotopic (exact) mass is 382 g/mol. The van der Waals surface area contributed by atoms with E-state index in [2.05, 4.69) is 6.07 Å². The SMILES string of the molecule is CCOc1cc(/C=C2\SC(=S)N(c3cccc(C#N)c3)C2=O)ccc1O. The van der Waals surface area contributed by atoms with E-state index in [9.17, 15) is 9.90 Å². The van der Waals surface area contributed by atoms with Gasteiger partial charge in [-0.15, -0.1) is 0 Å². The summed E-state index contributed by atoms with van der Waals surface area (Å²) in [4.78, 5) is 14.7. The van der Waals surface area contributed by atoms with Crippen molar-refractivity contribution in [2.45, 2.75) is 6.92 Å². The lowest BCUT2D eigenvalue weighted by Crippen LogP contribution is -2.27. The van der Waals surface area contributed by atoms with Gasteiger partial charge in [0.25, 0.3) is 5.91 Å². The first-order valence-electron chi connectivity index (χ1n) is 7.77. The van der Waals surface area contributed by atoms with Crippen molar-refractivity contribution in [3.8, 4) is 17.6 Å². The number of thiocarbonyl (C=S) groups is 1. The molecule has 0 aliphatic carbocycles. The topological polar surface area (TPSA) is 73.6 Å². The van der Waals surface area contributed by atoms with Gasteiger partial charge in [0.2, 0.25) is 0 Å². The molecule has 0 radical (unpaired) electrons. The number of carbonyl (C=O) groups excluding carboxylic acids is 1. The summed E-state index contributed by atoms with van der Waals surface area (Å²) in [6.45, 7) is 2.25. The fourth-order valence-corrected chi connectivity index (χ4v) is 3.75. The van der Waals surface area contributed by atoms with Gasteiger partial charge in [-0.3, -0.25) is 9.69 Å². The van der Waals surface area contributed by atoms with Crippen LogP contribution in [-0.4, -0.2) is 21.9 Å². The molecule has 0 spiro atoms. The second kappa shape index (κ2) is 7.60. The van der Waals surface area contributed by atoms with Crippen LogP contribution in [0.1, 0.15) is 18.1 Å². The zero-order valence-corrected chi connectivity index (χ0v) is 15.4. The van der Waals surface area contributed by atoms with E-state index in [-0.39, 0.29) is 11.7 Å². The van der Waals surface area contributed by atoms with E-state index in [1.54, 1.807) is 42.5 Å². The molecule has 0 atom stereocenters. The molecule has 1 aliphatic rings. The van der Waals surface area contributed by atoms with Crippen LogP contribution in [0.3, 0.4) is 0 Å². The van der Waals surface area contributed by atoms with Gasteiger partial charge in [-0.2, -0.15) is 5.26 Å². The van der Waals surface area contributed by atoms with Crippen LogP contribution in [0.15, 0.2) is 47.4 Å². The number of hydrogen-bond acceptors (Lipinski definition) is 6. The number of benzene rings is 2. The first-order valence-corrected chi connectivity index (χ1v) is 9.00. The Hall–Kier alpha value is -2.82. The van der Waals surface area contributed by atoms with Crippen molar-refractivity contribution in [1.82, 2.24) is 0 Å². The van der Waals surface area contributed by atoms with Crippen molar-refractivity contribution in [3.05, 3.63) is 58.5 Å². The second-order valence-electron chi connectivity index (χ2n) is 5.34. The van der Waals surface area contributed by atoms with Gasteiger partial charge in [-0.25, -0.2) is 0 Å². The molecule has 0 bridgehead atoms. The minimum absolute atomic E-state index is 0.0462. The highest BCUT2D eigenvalue weighted by atomic mass is 32.2. The lowest BCUT2D eigenvalue weighted by atomic mass is 10.1. The molecule has 1 N–H and O–H groups in total. The largest absolute Gasteiger partial charge is 0.504 e. The standard InChI is InChI=1S/C19H14N2O3S2/c1-2-24-16-9-12(6-7-15(16)22)10-17-18(23)21(19(25)26-17)14-5-3-4-13(8-14)11-20/h3-10,22H,2H2,1H3/b17-10-. The van der Waals surface area contributed by atoms with Gasteiger partial charge < -0.3 is 9.84 Å². The molecule has 1 saturated heterocycles. The number of ether oxygens (including phenoxy) is 1. The fourth-order valence-electron chi connectivity index (χ4n) is 2.45. The molecular weight excluding hydrogens is 368 g/mol. The molecule has 2 aromatic carbocycles. The molecule has 1 heterocycles. The summed E-state index contributed by atoms with van der Waals surface area (Å²) in [5.41, 5.74) is 1.74. The molecule has 5 nitrogen and oxygen atoms in total. The third kappa shape index (κ3) is 3.57. The Balaban J connectivity index is 1.92. The number of nitrogens with zero attached hydrogens (tertiary/aromatic N) is 2. The van der Waals surface area contributed by atoms with Crippen molar-refractivity contribution < 1.29 is 14.6 Å². The van der Waals surface area contributed by atoms with E-state index in [4.69, 9.17) is 22.2 Å². The maximum Gasteiger partial charge on any atom is 0.270 e. The smallest absolute Gasteiger partial charge is 0.270 e. The molecule has 26 heavy (non-hydrogen) atoms. The Morgan fingerprint density at radius 1 is 1.35 bits per heavy atom. The van der Waals surface area contributed by atoms with Crippen molar-refractivity contribution >= 4 is 46.0 Å². The number of rotatable bonds is 4. The number of anilines is 1. The van der Waals surface area contributed by atoms with Crippen molar-refractivity contribution in [2.24, 2.45) is 0 Å². The van der Waals surface area contributed by atoms with E-state index in [1.165, 1.54) is 22.7 Å². The van der Waals surface area contributed by atoms with Crippen LogP contribution in [0, 0.1) is 11.3 Å². The summed E-state index contributed by atoms with van der Waals surface area (Å²) in [6, 6.07) is 13.7. The van der Waals surface area contributed by atoms with Gasteiger partial charge in [-0.1, -0.05) is 36.1 Å². The highest BCUT2D eigenvalue weighted by molar-refractivity contribution is 8.27. The van der Waals surface area contributed by atoms with Crippen LogP contribution < -0.4 is 9.64 Å². The number of amides is 1. The van der Waals surface area contributed by atoms with Crippen LogP contribution in [0.5, 0.6) is 11.5 Å². The average molecular weight is 382 g/mol. The van der Waals surface area contributed by atoms with E-state index in [0.29, 0.717) is 32.8 Å². The summed E-state index contributed by atoms with van der Waals surface area (Å²) >= 11 is 6.53. The molecule has 3 rings (SSSR count). The second-order valence-corrected chi connectivity index (χ2v) is 7.02. The molecule has 2 aromatic rings. The lowest BCUT2D eigenvalue weighted by molar-refractivity contribution is -0.113. The molecule has 0 aromatic heterocycles. The quantitative estimate of drug-likeness (QED) is 0.635. The van der Waals surface area contributed by atoms with Crippen molar-refractivity contribution in [1.29, 1.82) is 5.26 Å². The minimum atomic E-state index is -0.249.